The lowest BCUT2D eigenvalue weighted by atomic mass is 10.2. The molecule has 1 N–H and O–H groups in total. The third kappa shape index (κ3) is 4.19. The molecule has 4 nitrogen and oxygen atoms in total. The van der Waals surface area contributed by atoms with E-state index >= 15 is 0 Å². The Morgan fingerprint density at radius 3 is 2.29 bits per heavy atom. The zero-order valence-electron chi connectivity index (χ0n) is 13.3. The first-order valence-corrected chi connectivity index (χ1v) is 8.86. The average molecular weight is 364 g/mol. The molecule has 1 amide bonds. The standard InChI is InChI=1S/C18H19Cl2N3O/c19-15-7-5-13(11-16(15)20)22-14-6-8-17(21-12-14)18(24)23-9-3-1-2-4-10-23/h5-8,11-12,22H,1-4,9-10H2. The predicted octanol–water partition coefficient (Wildman–Crippen LogP) is 5.15. The number of anilines is 2. The first kappa shape index (κ1) is 17.1. The Morgan fingerprint density at radius 1 is 0.958 bits per heavy atom. The van der Waals surface area contributed by atoms with Crippen LogP contribution in [0.5, 0.6) is 0 Å². The van der Waals surface area contributed by atoms with E-state index in [0.717, 1.165) is 37.3 Å². The molecule has 6 heteroatoms. The fraction of sp³-hybridized carbons (Fsp3) is 0.333. The van der Waals surface area contributed by atoms with Crippen LogP contribution in [0.4, 0.5) is 11.4 Å². The van der Waals surface area contributed by atoms with Crippen molar-refractivity contribution in [2.45, 2.75) is 25.7 Å². The van der Waals surface area contributed by atoms with Gasteiger partial charge in [-0.25, -0.2) is 4.98 Å². The topological polar surface area (TPSA) is 45.2 Å². The van der Waals surface area contributed by atoms with Gasteiger partial charge in [0.15, 0.2) is 0 Å². The number of halogens is 2. The number of nitrogens with one attached hydrogen (secondary N) is 1. The van der Waals surface area contributed by atoms with Crippen molar-refractivity contribution in [2.75, 3.05) is 18.4 Å². The van der Waals surface area contributed by atoms with E-state index in [1.807, 2.05) is 17.0 Å². The SMILES string of the molecule is O=C(c1ccc(Nc2ccc(Cl)c(Cl)c2)cn1)N1CCCCCC1. The third-order valence-corrected chi connectivity index (χ3v) is 4.82. The zero-order chi connectivity index (χ0) is 16.9. The quantitative estimate of drug-likeness (QED) is 0.819. The number of carbonyl (C=O) groups excluding carboxylic acids is 1. The molecule has 1 aromatic carbocycles. The van der Waals surface area contributed by atoms with Crippen LogP contribution in [0.2, 0.25) is 10.0 Å². The lowest BCUT2D eigenvalue weighted by Gasteiger charge is -2.19. The van der Waals surface area contributed by atoms with Gasteiger partial charge in [0.1, 0.15) is 5.69 Å². The normalized spacial score (nSPS) is 15.0. The largest absolute Gasteiger partial charge is 0.354 e. The number of nitrogens with zero attached hydrogens (tertiary/aromatic N) is 2. The number of hydrogen-bond donors (Lipinski definition) is 1. The molecule has 1 aliphatic heterocycles. The van der Waals surface area contributed by atoms with E-state index < -0.39 is 0 Å². The van der Waals surface area contributed by atoms with Crippen LogP contribution in [0.3, 0.4) is 0 Å². The number of pyridine rings is 1. The Hall–Kier alpha value is -1.78. The summed E-state index contributed by atoms with van der Waals surface area (Å²) in [6.07, 6.45) is 6.20. The van der Waals surface area contributed by atoms with Gasteiger partial charge in [-0.1, -0.05) is 36.0 Å². The summed E-state index contributed by atoms with van der Waals surface area (Å²) in [5.74, 6) is 0.0120. The first-order valence-electron chi connectivity index (χ1n) is 8.11. The summed E-state index contributed by atoms with van der Waals surface area (Å²) in [6, 6.07) is 8.93. The number of rotatable bonds is 3. The van der Waals surface area contributed by atoms with Crippen LogP contribution in [0.15, 0.2) is 36.5 Å². The molecule has 3 rings (SSSR count). The van der Waals surface area contributed by atoms with Crippen molar-refractivity contribution in [2.24, 2.45) is 0 Å². The van der Waals surface area contributed by atoms with Gasteiger partial charge in [0, 0.05) is 18.8 Å². The fourth-order valence-corrected chi connectivity index (χ4v) is 3.07. The summed E-state index contributed by atoms with van der Waals surface area (Å²) >= 11 is 11.9. The lowest BCUT2D eigenvalue weighted by Crippen LogP contribution is -2.32. The number of benzene rings is 1. The van der Waals surface area contributed by atoms with Crippen LogP contribution in [0.1, 0.15) is 36.2 Å². The Kier molecular flexibility index (Phi) is 5.59. The van der Waals surface area contributed by atoms with E-state index in [4.69, 9.17) is 23.2 Å². The predicted molar refractivity (Wildman–Crippen MR) is 98.4 cm³/mol. The molecular formula is C18H19Cl2N3O. The van der Waals surface area contributed by atoms with Gasteiger partial charge >= 0.3 is 0 Å². The summed E-state index contributed by atoms with van der Waals surface area (Å²) in [7, 11) is 0. The molecule has 0 radical (unpaired) electrons. The van der Waals surface area contributed by atoms with Crippen LogP contribution in [0.25, 0.3) is 0 Å². The van der Waals surface area contributed by atoms with Crippen molar-refractivity contribution in [3.8, 4) is 0 Å². The van der Waals surface area contributed by atoms with E-state index in [2.05, 4.69) is 10.3 Å². The molecule has 0 unspecified atom stereocenters. The van der Waals surface area contributed by atoms with Crippen molar-refractivity contribution in [3.05, 3.63) is 52.3 Å². The second-order valence-corrected chi connectivity index (χ2v) is 6.71. The van der Waals surface area contributed by atoms with Crippen LogP contribution < -0.4 is 5.32 Å². The van der Waals surface area contributed by atoms with Crippen LogP contribution in [-0.2, 0) is 0 Å². The molecule has 126 valence electrons. The third-order valence-electron chi connectivity index (χ3n) is 4.08. The van der Waals surface area contributed by atoms with E-state index in [9.17, 15) is 4.79 Å². The highest BCUT2D eigenvalue weighted by Crippen LogP contribution is 2.26. The number of likely N-dealkylation sites (tertiary alicyclic amines) is 1. The van der Waals surface area contributed by atoms with Gasteiger partial charge in [-0.3, -0.25) is 4.79 Å². The summed E-state index contributed by atoms with van der Waals surface area (Å²) in [6.45, 7) is 1.65. The van der Waals surface area contributed by atoms with Gasteiger partial charge in [-0.05, 0) is 43.2 Å². The fourth-order valence-electron chi connectivity index (χ4n) is 2.77. The smallest absolute Gasteiger partial charge is 0.272 e. The first-order chi connectivity index (χ1) is 11.6. The molecular weight excluding hydrogens is 345 g/mol. The summed E-state index contributed by atoms with van der Waals surface area (Å²) in [5.41, 5.74) is 2.09. The van der Waals surface area contributed by atoms with Crippen LogP contribution in [-0.4, -0.2) is 28.9 Å². The minimum absolute atomic E-state index is 0.0120. The van der Waals surface area contributed by atoms with Crippen molar-refractivity contribution in [1.29, 1.82) is 0 Å². The van der Waals surface area contributed by atoms with Crippen molar-refractivity contribution in [3.63, 3.8) is 0 Å². The van der Waals surface area contributed by atoms with Crippen molar-refractivity contribution in [1.82, 2.24) is 9.88 Å². The number of hydrogen-bond acceptors (Lipinski definition) is 3. The van der Waals surface area contributed by atoms with Gasteiger partial charge < -0.3 is 10.2 Å². The highest BCUT2D eigenvalue weighted by Gasteiger charge is 2.18. The molecule has 0 bridgehead atoms. The van der Waals surface area contributed by atoms with E-state index in [0.29, 0.717) is 15.7 Å². The minimum atomic E-state index is 0.0120. The van der Waals surface area contributed by atoms with Crippen LogP contribution in [0, 0.1) is 0 Å². The molecule has 1 saturated heterocycles. The van der Waals surface area contributed by atoms with Gasteiger partial charge in [-0.2, -0.15) is 0 Å². The molecule has 1 fully saturated rings. The van der Waals surface area contributed by atoms with E-state index in [-0.39, 0.29) is 5.91 Å². The van der Waals surface area contributed by atoms with Crippen molar-refractivity contribution >= 4 is 40.5 Å². The highest BCUT2D eigenvalue weighted by molar-refractivity contribution is 6.42. The highest BCUT2D eigenvalue weighted by atomic mass is 35.5. The molecule has 2 aromatic rings. The molecule has 2 heterocycles. The minimum Gasteiger partial charge on any atom is -0.354 e. The van der Waals surface area contributed by atoms with E-state index in [1.165, 1.54) is 12.8 Å². The number of aromatic nitrogens is 1. The summed E-state index contributed by atoms with van der Waals surface area (Å²) < 4.78 is 0. The van der Waals surface area contributed by atoms with Crippen LogP contribution >= 0.6 is 23.2 Å². The molecule has 1 aliphatic rings. The Labute approximate surface area is 151 Å². The van der Waals surface area contributed by atoms with Gasteiger partial charge in [0.2, 0.25) is 0 Å². The molecule has 24 heavy (non-hydrogen) atoms. The van der Waals surface area contributed by atoms with Gasteiger partial charge in [-0.15, -0.1) is 0 Å². The van der Waals surface area contributed by atoms with Gasteiger partial charge in [0.25, 0.3) is 5.91 Å². The van der Waals surface area contributed by atoms with E-state index in [1.54, 1.807) is 24.4 Å². The maximum absolute atomic E-state index is 12.5. The van der Waals surface area contributed by atoms with Gasteiger partial charge in [0.05, 0.1) is 21.9 Å². The Bertz CT molecular complexity index is 711. The monoisotopic (exact) mass is 363 g/mol. The Balaban J connectivity index is 1.68. The second-order valence-electron chi connectivity index (χ2n) is 5.89. The molecule has 0 atom stereocenters. The molecule has 1 aromatic heterocycles. The molecule has 0 aliphatic carbocycles. The average Bonchev–Trinajstić information content (AvgIpc) is 2.88. The maximum atomic E-state index is 12.5. The maximum Gasteiger partial charge on any atom is 0.272 e. The second kappa shape index (κ2) is 7.86. The summed E-state index contributed by atoms with van der Waals surface area (Å²) in [5, 5.41) is 4.20. The molecule has 0 saturated carbocycles. The zero-order valence-corrected chi connectivity index (χ0v) is 14.8. The Morgan fingerprint density at radius 2 is 1.67 bits per heavy atom. The number of carbonyl (C=O) groups is 1. The molecule has 0 spiro atoms. The summed E-state index contributed by atoms with van der Waals surface area (Å²) in [4.78, 5) is 18.7. The number of amides is 1. The van der Waals surface area contributed by atoms with Crippen molar-refractivity contribution < 1.29 is 4.79 Å². The lowest BCUT2D eigenvalue weighted by molar-refractivity contribution is 0.0756.